The minimum atomic E-state index is 0.612. The minimum absolute atomic E-state index is 0.612. The van der Waals surface area contributed by atoms with Gasteiger partial charge in [0.15, 0.2) is 0 Å². The van der Waals surface area contributed by atoms with Crippen molar-refractivity contribution in [2.45, 2.75) is 20.4 Å². The first kappa shape index (κ1) is 9.26. The number of rotatable bonds is 4. The molecule has 1 rings (SSSR count). The zero-order valence-electron chi connectivity index (χ0n) is 7.58. The Labute approximate surface area is 74.2 Å². The largest absolute Gasteiger partial charge is 0.375 e. The van der Waals surface area contributed by atoms with Crippen LogP contribution in [0, 0.1) is 0 Å². The number of ether oxygens (including phenoxy) is 1. The van der Waals surface area contributed by atoms with E-state index in [-0.39, 0.29) is 0 Å². The summed E-state index contributed by atoms with van der Waals surface area (Å²) >= 11 is 0. The molecule has 0 aromatic carbocycles. The average molecular weight is 162 g/mol. The quantitative estimate of drug-likeness (QED) is 0.616. The van der Waals surface area contributed by atoms with Gasteiger partial charge >= 0.3 is 0 Å². The molecule has 0 unspecified atom stereocenters. The van der Waals surface area contributed by atoms with Crippen LogP contribution in [0.15, 0.2) is 18.3 Å². The van der Waals surface area contributed by atoms with Crippen molar-refractivity contribution in [3.05, 3.63) is 24.0 Å². The fourth-order valence-electron chi connectivity index (χ4n) is 0.899. The second-order valence-electron chi connectivity index (χ2n) is 2.51. The van der Waals surface area contributed by atoms with E-state index in [9.17, 15) is 0 Å². The molecule has 0 aliphatic carbocycles. The Bertz CT molecular complexity index is 222. The maximum absolute atomic E-state index is 5.22. The van der Waals surface area contributed by atoms with Gasteiger partial charge in [0, 0.05) is 12.8 Å². The van der Waals surface area contributed by atoms with Crippen LogP contribution in [0.4, 0.5) is 0 Å². The molecule has 63 valence electrons. The Morgan fingerprint density at radius 2 is 2.33 bits per heavy atom. The van der Waals surface area contributed by atoms with Gasteiger partial charge in [-0.15, -0.1) is 0 Å². The standard InChI is InChI=1S/C9H13BNO/c1-3-12-7-9-5-4-8(10-2)6-11-9/h4-6H,3,7H2,1-2H3. The molecule has 2 nitrogen and oxygen atoms in total. The van der Waals surface area contributed by atoms with Crippen LogP contribution in [0.3, 0.4) is 0 Å². The van der Waals surface area contributed by atoms with E-state index < -0.39 is 0 Å². The normalized spacial score (nSPS) is 9.83. The first-order valence-electron chi connectivity index (χ1n) is 4.19. The summed E-state index contributed by atoms with van der Waals surface area (Å²) in [5.41, 5.74) is 2.14. The highest BCUT2D eigenvalue weighted by Crippen LogP contribution is 1.93. The Morgan fingerprint density at radius 1 is 1.50 bits per heavy atom. The highest BCUT2D eigenvalue weighted by atomic mass is 16.5. The Hall–Kier alpha value is -0.825. The minimum Gasteiger partial charge on any atom is -0.375 e. The lowest BCUT2D eigenvalue weighted by molar-refractivity contribution is 0.131. The first-order chi connectivity index (χ1) is 5.86. The summed E-state index contributed by atoms with van der Waals surface area (Å²) in [5.74, 6) is 0. The van der Waals surface area contributed by atoms with Crippen LogP contribution in [0.5, 0.6) is 0 Å². The molecule has 0 bridgehead atoms. The molecule has 3 heteroatoms. The van der Waals surface area contributed by atoms with E-state index in [4.69, 9.17) is 4.74 Å². The van der Waals surface area contributed by atoms with Crippen molar-refractivity contribution < 1.29 is 4.74 Å². The molecule has 1 heterocycles. The number of hydrogen-bond donors (Lipinski definition) is 0. The van der Waals surface area contributed by atoms with Crippen molar-refractivity contribution in [1.82, 2.24) is 4.98 Å². The summed E-state index contributed by atoms with van der Waals surface area (Å²) in [6.07, 6.45) is 1.86. The van der Waals surface area contributed by atoms with Crippen LogP contribution in [-0.2, 0) is 11.3 Å². The Morgan fingerprint density at radius 3 is 2.83 bits per heavy atom. The molecular weight excluding hydrogens is 149 g/mol. The van der Waals surface area contributed by atoms with Crippen molar-refractivity contribution in [3.63, 3.8) is 0 Å². The fraction of sp³-hybridized carbons (Fsp3) is 0.444. The van der Waals surface area contributed by atoms with E-state index in [1.165, 1.54) is 0 Å². The number of aromatic nitrogens is 1. The summed E-state index contributed by atoms with van der Waals surface area (Å²) in [6, 6.07) is 4.03. The van der Waals surface area contributed by atoms with Gasteiger partial charge in [-0.25, -0.2) is 0 Å². The third kappa shape index (κ3) is 2.66. The molecule has 1 aromatic heterocycles. The molecular formula is C9H13BNO. The zero-order valence-corrected chi connectivity index (χ0v) is 7.58. The highest BCUT2D eigenvalue weighted by molar-refractivity contribution is 6.51. The van der Waals surface area contributed by atoms with E-state index in [2.05, 4.69) is 4.98 Å². The molecule has 0 amide bonds. The summed E-state index contributed by atoms with van der Waals surface area (Å²) in [7, 11) is 2.03. The lowest BCUT2D eigenvalue weighted by Gasteiger charge is -2.00. The molecule has 0 aliphatic rings. The Balaban J connectivity index is 2.53. The summed E-state index contributed by atoms with van der Waals surface area (Å²) in [4.78, 5) is 4.23. The molecule has 0 saturated carbocycles. The van der Waals surface area contributed by atoms with Crippen LogP contribution in [0.25, 0.3) is 0 Å². The maximum Gasteiger partial charge on any atom is 0.150 e. The molecule has 0 atom stereocenters. The lowest BCUT2D eigenvalue weighted by Crippen LogP contribution is -2.11. The van der Waals surface area contributed by atoms with Crippen LogP contribution in [-0.4, -0.2) is 18.9 Å². The molecule has 0 spiro atoms. The van der Waals surface area contributed by atoms with Gasteiger partial charge < -0.3 is 4.74 Å². The zero-order chi connectivity index (χ0) is 8.81. The van der Waals surface area contributed by atoms with E-state index in [0.717, 1.165) is 17.8 Å². The van der Waals surface area contributed by atoms with Gasteiger partial charge in [0.2, 0.25) is 0 Å². The van der Waals surface area contributed by atoms with Gasteiger partial charge in [0.1, 0.15) is 7.28 Å². The lowest BCUT2D eigenvalue weighted by atomic mass is 9.74. The van der Waals surface area contributed by atoms with Crippen molar-refractivity contribution >= 4 is 12.7 Å². The van der Waals surface area contributed by atoms with Gasteiger partial charge in [-0.1, -0.05) is 18.4 Å². The molecule has 1 aromatic rings. The first-order valence-corrected chi connectivity index (χ1v) is 4.19. The number of pyridine rings is 1. The molecule has 0 saturated heterocycles. The van der Waals surface area contributed by atoms with Gasteiger partial charge in [-0.3, -0.25) is 4.98 Å². The van der Waals surface area contributed by atoms with Crippen LogP contribution < -0.4 is 5.46 Å². The predicted molar refractivity (Wildman–Crippen MR) is 50.8 cm³/mol. The van der Waals surface area contributed by atoms with E-state index in [0.29, 0.717) is 6.61 Å². The summed E-state index contributed by atoms with van der Waals surface area (Å²) in [6.45, 7) is 5.33. The third-order valence-corrected chi connectivity index (χ3v) is 1.64. The van der Waals surface area contributed by atoms with Gasteiger partial charge in [0.05, 0.1) is 12.3 Å². The smallest absolute Gasteiger partial charge is 0.150 e. The van der Waals surface area contributed by atoms with Crippen LogP contribution in [0.2, 0.25) is 6.82 Å². The molecule has 0 N–H and O–H groups in total. The van der Waals surface area contributed by atoms with Crippen molar-refractivity contribution in [1.29, 1.82) is 0 Å². The van der Waals surface area contributed by atoms with Crippen LogP contribution in [0.1, 0.15) is 12.6 Å². The third-order valence-electron chi connectivity index (χ3n) is 1.64. The molecule has 0 fully saturated rings. The number of nitrogens with zero attached hydrogens (tertiary/aromatic N) is 1. The maximum atomic E-state index is 5.22. The van der Waals surface area contributed by atoms with Crippen molar-refractivity contribution in [2.24, 2.45) is 0 Å². The monoisotopic (exact) mass is 162 g/mol. The topological polar surface area (TPSA) is 22.1 Å². The van der Waals surface area contributed by atoms with Crippen molar-refractivity contribution in [2.75, 3.05) is 6.61 Å². The van der Waals surface area contributed by atoms with Gasteiger partial charge in [0.25, 0.3) is 0 Å². The van der Waals surface area contributed by atoms with Crippen LogP contribution >= 0.6 is 0 Å². The summed E-state index contributed by atoms with van der Waals surface area (Å²) < 4.78 is 5.22. The van der Waals surface area contributed by atoms with E-state index in [1.54, 1.807) is 0 Å². The average Bonchev–Trinajstić information content (AvgIpc) is 2.15. The fourth-order valence-corrected chi connectivity index (χ4v) is 0.899. The summed E-state index contributed by atoms with van der Waals surface area (Å²) in [5, 5.41) is 0. The molecule has 1 radical (unpaired) electrons. The Kier molecular flexibility index (Phi) is 3.81. The van der Waals surface area contributed by atoms with E-state index in [1.807, 2.05) is 39.4 Å². The van der Waals surface area contributed by atoms with Gasteiger partial charge in [-0.2, -0.15) is 0 Å². The second kappa shape index (κ2) is 4.93. The molecule has 0 aliphatic heterocycles. The van der Waals surface area contributed by atoms with Gasteiger partial charge in [-0.05, 0) is 13.0 Å². The van der Waals surface area contributed by atoms with Crippen molar-refractivity contribution in [3.8, 4) is 0 Å². The number of hydrogen-bond acceptors (Lipinski definition) is 2. The highest BCUT2D eigenvalue weighted by Gasteiger charge is 1.94. The predicted octanol–water partition coefficient (Wildman–Crippen LogP) is 0.996. The SMILES string of the molecule is C[B]c1ccc(COCC)nc1. The second-order valence-corrected chi connectivity index (χ2v) is 2.51. The van der Waals surface area contributed by atoms with E-state index >= 15 is 0 Å². The molecule has 12 heavy (non-hydrogen) atoms.